The average molecular weight is 311 g/mol. The fourth-order valence-electron chi connectivity index (χ4n) is 2.21. The van der Waals surface area contributed by atoms with Crippen LogP contribution in [0.1, 0.15) is 11.3 Å². The molecule has 116 valence electrons. The van der Waals surface area contributed by atoms with Crippen molar-refractivity contribution in [3.63, 3.8) is 0 Å². The standard InChI is InChI=1S/C16H13N3O4/c1-11-6-7-18-15(8-11)17-12(9-16(18)20)10-23-14-5-3-2-4-13(14)19(21)22/h2-9H,10H2,1H3. The van der Waals surface area contributed by atoms with Crippen LogP contribution in [0.4, 0.5) is 5.69 Å². The van der Waals surface area contributed by atoms with Crippen molar-refractivity contribution >= 4 is 11.3 Å². The van der Waals surface area contributed by atoms with Crippen molar-refractivity contribution < 1.29 is 9.66 Å². The van der Waals surface area contributed by atoms with E-state index in [-0.39, 0.29) is 23.6 Å². The van der Waals surface area contributed by atoms with Gasteiger partial charge in [-0.3, -0.25) is 19.3 Å². The van der Waals surface area contributed by atoms with Crippen LogP contribution in [0.5, 0.6) is 5.75 Å². The Labute approximate surface area is 130 Å². The van der Waals surface area contributed by atoms with Gasteiger partial charge in [0.1, 0.15) is 12.3 Å². The molecular weight excluding hydrogens is 298 g/mol. The number of rotatable bonds is 4. The molecule has 0 aliphatic heterocycles. The summed E-state index contributed by atoms with van der Waals surface area (Å²) in [6.45, 7) is 1.88. The number of nitro groups is 1. The number of para-hydroxylation sites is 2. The molecule has 0 bridgehead atoms. The van der Waals surface area contributed by atoms with Gasteiger partial charge in [0.15, 0.2) is 5.75 Å². The first-order valence-corrected chi connectivity index (χ1v) is 6.90. The van der Waals surface area contributed by atoms with Gasteiger partial charge in [-0.2, -0.15) is 0 Å². The van der Waals surface area contributed by atoms with E-state index in [1.807, 2.05) is 13.0 Å². The molecule has 0 saturated heterocycles. The summed E-state index contributed by atoms with van der Waals surface area (Å²) < 4.78 is 6.90. The third kappa shape index (κ3) is 3.03. The molecule has 0 radical (unpaired) electrons. The van der Waals surface area contributed by atoms with Crippen LogP contribution in [0.25, 0.3) is 5.65 Å². The van der Waals surface area contributed by atoms with E-state index in [4.69, 9.17) is 4.74 Å². The second kappa shape index (κ2) is 5.88. The molecule has 0 saturated carbocycles. The summed E-state index contributed by atoms with van der Waals surface area (Å²) in [4.78, 5) is 26.9. The highest BCUT2D eigenvalue weighted by Crippen LogP contribution is 2.26. The predicted molar refractivity (Wildman–Crippen MR) is 83.6 cm³/mol. The number of hydrogen-bond acceptors (Lipinski definition) is 5. The molecule has 0 N–H and O–H groups in total. The first kappa shape index (κ1) is 14.7. The quantitative estimate of drug-likeness (QED) is 0.545. The summed E-state index contributed by atoms with van der Waals surface area (Å²) >= 11 is 0. The summed E-state index contributed by atoms with van der Waals surface area (Å²) in [7, 11) is 0. The van der Waals surface area contributed by atoms with E-state index in [1.54, 1.807) is 24.4 Å². The number of hydrogen-bond donors (Lipinski definition) is 0. The third-order valence-electron chi connectivity index (χ3n) is 3.31. The summed E-state index contributed by atoms with van der Waals surface area (Å²) in [5, 5.41) is 11.0. The molecule has 2 aromatic heterocycles. The minimum atomic E-state index is -0.513. The number of nitro benzene ring substituents is 1. The SMILES string of the molecule is Cc1ccn2c(=O)cc(COc3ccccc3[N+](=O)[O-])nc2c1. The molecule has 7 heteroatoms. The van der Waals surface area contributed by atoms with Crippen LogP contribution in [0, 0.1) is 17.0 Å². The molecule has 2 heterocycles. The van der Waals surface area contributed by atoms with Crippen molar-refractivity contribution in [3.8, 4) is 5.75 Å². The third-order valence-corrected chi connectivity index (χ3v) is 3.31. The molecule has 7 nitrogen and oxygen atoms in total. The highest BCUT2D eigenvalue weighted by molar-refractivity contribution is 5.46. The van der Waals surface area contributed by atoms with Crippen molar-refractivity contribution in [1.82, 2.24) is 9.38 Å². The maximum absolute atomic E-state index is 12.1. The zero-order valence-corrected chi connectivity index (χ0v) is 12.3. The second-order valence-corrected chi connectivity index (χ2v) is 5.03. The smallest absolute Gasteiger partial charge is 0.310 e. The number of benzene rings is 1. The topological polar surface area (TPSA) is 86.7 Å². The lowest BCUT2D eigenvalue weighted by Gasteiger charge is -2.07. The van der Waals surface area contributed by atoms with Crippen molar-refractivity contribution in [2.75, 3.05) is 0 Å². The molecule has 23 heavy (non-hydrogen) atoms. The van der Waals surface area contributed by atoms with E-state index in [0.717, 1.165) is 5.56 Å². The maximum atomic E-state index is 12.1. The van der Waals surface area contributed by atoms with Crippen LogP contribution >= 0.6 is 0 Å². The Kier molecular flexibility index (Phi) is 3.76. The van der Waals surface area contributed by atoms with E-state index >= 15 is 0 Å². The molecule has 3 rings (SSSR count). The zero-order valence-electron chi connectivity index (χ0n) is 12.3. The first-order chi connectivity index (χ1) is 11.0. The van der Waals surface area contributed by atoms with E-state index in [0.29, 0.717) is 11.3 Å². The van der Waals surface area contributed by atoms with Crippen LogP contribution in [0.2, 0.25) is 0 Å². The molecule has 0 aliphatic carbocycles. The van der Waals surface area contributed by atoms with E-state index in [9.17, 15) is 14.9 Å². The number of fused-ring (bicyclic) bond motifs is 1. The van der Waals surface area contributed by atoms with Crippen LogP contribution < -0.4 is 10.3 Å². The van der Waals surface area contributed by atoms with Gasteiger partial charge in [0.05, 0.1) is 10.6 Å². The van der Waals surface area contributed by atoms with Gasteiger partial charge in [-0.25, -0.2) is 4.98 Å². The first-order valence-electron chi connectivity index (χ1n) is 6.90. The lowest BCUT2D eigenvalue weighted by molar-refractivity contribution is -0.385. The van der Waals surface area contributed by atoms with E-state index in [2.05, 4.69) is 4.98 Å². The normalized spacial score (nSPS) is 10.7. The lowest BCUT2D eigenvalue weighted by Crippen LogP contribution is -2.16. The molecule has 0 spiro atoms. The number of pyridine rings is 1. The molecule has 1 aromatic carbocycles. The molecule has 3 aromatic rings. The Morgan fingerprint density at radius 1 is 1.26 bits per heavy atom. The molecule has 0 aliphatic rings. The Bertz CT molecular complexity index is 949. The minimum absolute atomic E-state index is 0.0233. The molecule has 0 fully saturated rings. The Morgan fingerprint density at radius 3 is 2.83 bits per heavy atom. The number of aryl methyl sites for hydroxylation is 1. The molecule has 0 amide bonds. The fraction of sp³-hybridized carbons (Fsp3) is 0.125. The van der Waals surface area contributed by atoms with Gasteiger partial charge in [0.2, 0.25) is 0 Å². The summed E-state index contributed by atoms with van der Waals surface area (Å²) in [6, 6.07) is 11.0. The number of nitrogens with zero attached hydrogens (tertiary/aromatic N) is 3. The molecular formula is C16H13N3O4. The Balaban J connectivity index is 1.91. The number of ether oxygens (including phenoxy) is 1. The summed E-state index contributed by atoms with van der Waals surface area (Å²) in [5.74, 6) is 0.142. The largest absolute Gasteiger partial charge is 0.480 e. The van der Waals surface area contributed by atoms with Gasteiger partial charge in [-0.1, -0.05) is 12.1 Å². The van der Waals surface area contributed by atoms with Gasteiger partial charge >= 0.3 is 5.69 Å². The highest BCUT2D eigenvalue weighted by Gasteiger charge is 2.14. The fourth-order valence-corrected chi connectivity index (χ4v) is 2.21. The van der Waals surface area contributed by atoms with Crippen LogP contribution in [-0.2, 0) is 6.61 Å². The van der Waals surface area contributed by atoms with Gasteiger partial charge in [-0.15, -0.1) is 0 Å². The second-order valence-electron chi connectivity index (χ2n) is 5.03. The van der Waals surface area contributed by atoms with Crippen molar-refractivity contribution in [3.05, 3.63) is 80.4 Å². The van der Waals surface area contributed by atoms with Gasteiger partial charge < -0.3 is 4.74 Å². The van der Waals surface area contributed by atoms with Crippen LogP contribution in [0.15, 0.2) is 53.5 Å². The van der Waals surface area contributed by atoms with E-state index in [1.165, 1.54) is 22.6 Å². The van der Waals surface area contributed by atoms with Crippen molar-refractivity contribution in [2.24, 2.45) is 0 Å². The highest BCUT2D eigenvalue weighted by atomic mass is 16.6. The lowest BCUT2D eigenvalue weighted by atomic mass is 10.3. The number of aromatic nitrogens is 2. The maximum Gasteiger partial charge on any atom is 0.310 e. The van der Waals surface area contributed by atoms with Crippen molar-refractivity contribution in [2.45, 2.75) is 13.5 Å². The van der Waals surface area contributed by atoms with Gasteiger partial charge in [0.25, 0.3) is 5.56 Å². The van der Waals surface area contributed by atoms with Crippen LogP contribution in [-0.4, -0.2) is 14.3 Å². The Hall–Kier alpha value is -3.22. The average Bonchev–Trinajstić information content (AvgIpc) is 2.52. The van der Waals surface area contributed by atoms with Gasteiger partial charge in [0, 0.05) is 18.3 Å². The van der Waals surface area contributed by atoms with E-state index < -0.39 is 4.92 Å². The predicted octanol–water partition coefficient (Wildman–Crippen LogP) is 2.49. The van der Waals surface area contributed by atoms with Crippen LogP contribution in [0.3, 0.4) is 0 Å². The molecule has 0 unspecified atom stereocenters. The molecule has 0 atom stereocenters. The summed E-state index contributed by atoms with van der Waals surface area (Å²) in [6.07, 6.45) is 1.66. The summed E-state index contributed by atoms with van der Waals surface area (Å²) in [5.41, 5.74) is 1.56. The Morgan fingerprint density at radius 2 is 2.04 bits per heavy atom. The zero-order chi connectivity index (χ0) is 16.4. The van der Waals surface area contributed by atoms with Crippen molar-refractivity contribution in [1.29, 1.82) is 0 Å². The monoisotopic (exact) mass is 311 g/mol. The minimum Gasteiger partial charge on any atom is -0.480 e. The van der Waals surface area contributed by atoms with Gasteiger partial charge in [-0.05, 0) is 30.7 Å².